The monoisotopic (exact) mass is 343 g/mol. The molecule has 134 valence electrons. The molecule has 1 atom stereocenters. The number of hydrogen-bond donors (Lipinski definition) is 1. The topological polar surface area (TPSA) is 76.2 Å². The Morgan fingerprint density at radius 3 is 3.04 bits per heavy atom. The van der Waals surface area contributed by atoms with Crippen molar-refractivity contribution in [2.24, 2.45) is 0 Å². The van der Waals surface area contributed by atoms with Crippen LogP contribution < -0.4 is 5.32 Å². The molecule has 1 saturated heterocycles. The fraction of sp³-hybridized carbons (Fsp3) is 0.611. The van der Waals surface area contributed by atoms with Crippen molar-refractivity contribution in [3.05, 3.63) is 36.0 Å². The first-order valence-electron chi connectivity index (χ1n) is 9.27. The number of piperidine rings is 1. The van der Waals surface area contributed by atoms with Crippen molar-refractivity contribution in [2.45, 2.75) is 63.6 Å². The molecule has 25 heavy (non-hydrogen) atoms. The van der Waals surface area contributed by atoms with E-state index in [4.69, 9.17) is 4.52 Å². The van der Waals surface area contributed by atoms with Crippen LogP contribution in [-0.4, -0.2) is 38.5 Å². The molecular weight excluding hydrogens is 318 g/mol. The summed E-state index contributed by atoms with van der Waals surface area (Å²) in [5.74, 6) is 1.50. The quantitative estimate of drug-likeness (QED) is 0.875. The van der Waals surface area contributed by atoms with Crippen LogP contribution in [0.2, 0.25) is 0 Å². The largest absolute Gasteiger partial charge is 0.361 e. The SMILES string of the molecule is O=C(NCc1cc(C2CC2)on1)N1CCCCC1CCn1cccn1. The number of nitrogens with zero attached hydrogens (tertiary/aromatic N) is 4. The molecule has 2 aromatic rings. The first-order valence-corrected chi connectivity index (χ1v) is 9.27. The molecule has 2 amide bonds. The van der Waals surface area contributed by atoms with Crippen molar-refractivity contribution < 1.29 is 9.32 Å². The normalized spacial score (nSPS) is 20.6. The lowest BCUT2D eigenvalue weighted by atomic mass is 10.00. The van der Waals surface area contributed by atoms with E-state index in [2.05, 4.69) is 15.6 Å². The highest BCUT2D eigenvalue weighted by Crippen LogP contribution is 2.40. The second-order valence-corrected chi connectivity index (χ2v) is 7.05. The first kappa shape index (κ1) is 16.2. The van der Waals surface area contributed by atoms with Gasteiger partial charge in [-0.1, -0.05) is 5.16 Å². The van der Waals surface area contributed by atoms with Gasteiger partial charge in [-0.2, -0.15) is 5.10 Å². The molecule has 2 fully saturated rings. The molecule has 1 aliphatic carbocycles. The Labute approximate surface area is 147 Å². The number of carbonyl (C=O) groups excluding carboxylic acids is 1. The lowest BCUT2D eigenvalue weighted by Crippen LogP contribution is -2.48. The summed E-state index contributed by atoms with van der Waals surface area (Å²) in [7, 11) is 0. The average molecular weight is 343 g/mol. The summed E-state index contributed by atoms with van der Waals surface area (Å²) in [4.78, 5) is 14.6. The number of aryl methyl sites for hydroxylation is 1. The maximum atomic E-state index is 12.6. The van der Waals surface area contributed by atoms with Crippen LogP contribution in [0.5, 0.6) is 0 Å². The summed E-state index contributed by atoms with van der Waals surface area (Å²) in [6.07, 6.45) is 10.4. The molecule has 1 aliphatic heterocycles. The van der Waals surface area contributed by atoms with E-state index >= 15 is 0 Å². The number of hydrogen-bond acceptors (Lipinski definition) is 4. The van der Waals surface area contributed by atoms with Crippen molar-refractivity contribution in [2.75, 3.05) is 6.54 Å². The van der Waals surface area contributed by atoms with Crippen molar-refractivity contribution in [3.63, 3.8) is 0 Å². The molecule has 0 aromatic carbocycles. The van der Waals surface area contributed by atoms with Gasteiger partial charge in [-0.15, -0.1) is 0 Å². The van der Waals surface area contributed by atoms with Crippen LogP contribution >= 0.6 is 0 Å². The van der Waals surface area contributed by atoms with Crippen LogP contribution in [-0.2, 0) is 13.1 Å². The van der Waals surface area contributed by atoms with E-state index in [1.165, 1.54) is 19.3 Å². The molecule has 1 N–H and O–H groups in total. The minimum absolute atomic E-state index is 0.00105. The van der Waals surface area contributed by atoms with Crippen LogP contribution in [0, 0.1) is 0 Å². The van der Waals surface area contributed by atoms with E-state index in [1.54, 1.807) is 6.20 Å². The van der Waals surface area contributed by atoms with Gasteiger partial charge in [0.15, 0.2) is 0 Å². The van der Waals surface area contributed by atoms with Gasteiger partial charge in [-0.05, 0) is 44.6 Å². The number of rotatable bonds is 6. The molecule has 1 saturated carbocycles. The highest BCUT2D eigenvalue weighted by Gasteiger charge is 2.29. The maximum Gasteiger partial charge on any atom is 0.317 e. The second kappa shape index (κ2) is 7.29. The van der Waals surface area contributed by atoms with Crippen LogP contribution in [0.15, 0.2) is 29.0 Å². The van der Waals surface area contributed by atoms with Crippen LogP contribution in [0.25, 0.3) is 0 Å². The highest BCUT2D eigenvalue weighted by atomic mass is 16.5. The summed E-state index contributed by atoms with van der Waals surface area (Å²) in [6, 6.07) is 4.18. The Hall–Kier alpha value is -2.31. The zero-order valence-electron chi connectivity index (χ0n) is 14.4. The minimum Gasteiger partial charge on any atom is -0.361 e. The van der Waals surface area contributed by atoms with Gasteiger partial charge in [-0.3, -0.25) is 4.68 Å². The number of nitrogens with one attached hydrogen (secondary N) is 1. The third kappa shape index (κ3) is 4.03. The van der Waals surface area contributed by atoms with Gasteiger partial charge in [0, 0.05) is 43.5 Å². The van der Waals surface area contributed by atoms with Crippen molar-refractivity contribution in [3.8, 4) is 0 Å². The lowest BCUT2D eigenvalue weighted by molar-refractivity contribution is 0.142. The molecule has 2 aromatic heterocycles. The van der Waals surface area contributed by atoms with E-state index in [0.29, 0.717) is 12.5 Å². The van der Waals surface area contributed by atoms with E-state index < -0.39 is 0 Å². The minimum atomic E-state index is 0.00105. The van der Waals surface area contributed by atoms with Crippen LogP contribution in [0.1, 0.15) is 55.9 Å². The molecular formula is C18H25N5O2. The Bertz CT molecular complexity index is 692. The van der Waals surface area contributed by atoms with E-state index in [0.717, 1.165) is 43.8 Å². The Morgan fingerprint density at radius 1 is 1.32 bits per heavy atom. The lowest BCUT2D eigenvalue weighted by Gasteiger charge is -2.35. The highest BCUT2D eigenvalue weighted by molar-refractivity contribution is 5.74. The van der Waals surface area contributed by atoms with Gasteiger partial charge in [0.2, 0.25) is 0 Å². The zero-order chi connectivity index (χ0) is 17.1. The predicted octanol–water partition coefficient (Wildman–Crippen LogP) is 2.90. The van der Waals surface area contributed by atoms with Gasteiger partial charge in [0.25, 0.3) is 0 Å². The van der Waals surface area contributed by atoms with Gasteiger partial charge in [0.05, 0.1) is 6.54 Å². The Morgan fingerprint density at radius 2 is 2.24 bits per heavy atom. The zero-order valence-corrected chi connectivity index (χ0v) is 14.4. The van der Waals surface area contributed by atoms with Gasteiger partial charge < -0.3 is 14.7 Å². The Balaban J connectivity index is 1.30. The van der Waals surface area contributed by atoms with E-state index in [1.807, 2.05) is 27.9 Å². The summed E-state index contributed by atoms with van der Waals surface area (Å²) in [5.41, 5.74) is 0.806. The third-order valence-corrected chi connectivity index (χ3v) is 5.12. The van der Waals surface area contributed by atoms with E-state index in [9.17, 15) is 4.79 Å². The number of carbonyl (C=O) groups is 1. The summed E-state index contributed by atoms with van der Waals surface area (Å²) in [6.45, 7) is 2.09. The number of urea groups is 1. The van der Waals surface area contributed by atoms with Gasteiger partial charge >= 0.3 is 6.03 Å². The molecule has 2 aliphatic rings. The third-order valence-electron chi connectivity index (χ3n) is 5.12. The van der Waals surface area contributed by atoms with Gasteiger partial charge in [-0.25, -0.2) is 4.79 Å². The smallest absolute Gasteiger partial charge is 0.317 e. The van der Waals surface area contributed by atoms with Gasteiger partial charge in [0.1, 0.15) is 11.5 Å². The Kier molecular flexibility index (Phi) is 4.72. The standard InChI is InChI=1S/C18H25N5O2/c24-18(19-13-15-12-17(25-21-15)14-5-6-14)23-10-2-1-4-16(23)7-11-22-9-3-8-20-22/h3,8-9,12,14,16H,1-2,4-7,10-11,13H2,(H,19,24). The molecule has 0 spiro atoms. The molecule has 3 heterocycles. The second-order valence-electron chi connectivity index (χ2n) is 7.05. The molecule has 0 radical (unpaired) electrons. The number of amides is 2. The molecule has 1 unspecified atom stereocenters. The summed E-state index contributed by atoms with van der Waals surface area (Å²) in [5, 5.41) is 11.3. The van der Waals surface area contributed by atoms with E-state index in [-0.39, 0.29) is 12.1 Å². The summed E-state index contributed by atoms with van der Waals surface area (Å²) < 4.78 is 7.27. The fourth-order valence-corrected chi connectivity index (χ4v) is 3.52. The van der Waals surface area contributed by atoms with Crippen LogP contribution in [0.3, 0.4) is 0 Å². The number of aromatic nitrogens is 3. The first-order chi connectivity index (χ1) is 12.3. The average Bonchev–Trinajstić information content (AvgIpc) is 3.16. The molecule has 7 nitrogen and oxygen atoms in total. The fourth-order valence-electron chi connectivity index (χ4n) is 3.52. The summed E-state index contributed by atoms with van der Waals surface area (Å²) >= 11 is 0. The molecule has 7 heteroatoms. The maximum absolute atomic E-state index is 12.6. The number of likely N-dealkylation sites (tertiary alicyclic amines) is 1. The molecule has 4 rings (SSSR count). The van der Waals surface area contributed by atoms with Crippen LogP contribution in [0.4, 0.5) is 4.79 Å². The molecule has 0 bridgehead atoms. The van der Waals surface area contributed by atoms with Crippen molar-refractivity contribution >= 4 is 6.03 Å². The van der Waals surface area contributed by atoms with Crippen molar-refractivity contribution in [1.82, 2.24) is 25.2 Å². The predicted molar refractivity (Wildman–Crippen MR) is 91.9 cm³/mol. The van der Waals surface area contributed by atoms with Crippen molar-refractivity contribution in [1.29, 1.82) is 0 Å².